The molecule has 19 heavy (non-hydrogen) atoms. The van der Waals surface area contributed by atoms with Gasteiger partial charge >= 0.3 is 0 Å². The first kappa shape index (κ1) is 13.1. The Kier molecular flexibility index (Phi) is 3.86. The molecule has 102 valence electrons. The van der Waals surface area contributed by atoms with Crippen molar-refractivity contribution in [3.8, 4) is 0 Å². The van der Waals surface area contributed by atoms with Gasteiger partial charge in [0.15, 0.2) is 11.0 Å². The first-order valence-electron chi connectivity index (χ1n) is 6.66. The fourth-order valence-corrected chi connectivity index (χ4v) is 3.69. The third-order valence-electron chi connectivity index (χ3n) is 3.63. The number of fused-ring (bicyclic) bond motifs is 1. The first-order chi connectivity index (χ1) is 9.28. The molecule has 1 N–H and O–H groups in total. The molecule has 0 spiro atoms. The summed E-state index contributed by atoms with van der Waals surface area (Å²) in [5.74, 6) is 0.873. The van der Waals surface area contributed by atoms with Crippen molar-refractivity contribution in [3.05, 3.63) is 16.6 Å². The molecular formula is C13H17ClN4S. The number of nitrogens with zero attached hydrogens (tertiary/aromatic N) is 3. The average molecular weight is 297 g/mol. The van der Waals surface area contributed by atoms with Crippen molar-refractivity contribution in [3.63, 3.8) is 0 Å². The highest BCUT2D eigenvalue weighted by Crippen LogP contribution is 2.31. The largest absolute Gasteiger partial charge is 0.363 e. The number of piperidine rings is 1. The van der Waals surface area contributed by atoms with E-state index in [4.69, 9.17) is 11.6 Å². The number of hydrogen-bond donors (Lipinski definition) is 1. The van der Waals surface area contributed by atoms with Crippen LogP contribution in [0.15, 0.2) is 11.4 Å². The molecule has 2 aromatic heterocycles. The number of likely N-dealkylation sites (N-methyl/N-ethyl adjacent to an activating group) is 1. The molecule has 0 bridgehead atoms. The summed E-state index contributed by atoms with van der Waals surface area (Å²) in [7, 11) is 0. The molecule has 2 aromatic rings. The molecule has 0 amide bonds. The third-order valence-corrected chi connectivity index (χ3v) is 4.83. The minimum atomic E-state index is 0.453. The summed E-state index contributed by atoms with van der Waals surface area (Å²) in [6.07, 6.45) is 2.42. The second-order valence-electron chi connectivity index (χ2n) is 4.88. The maximum Gasteiger partial charge on any atom is 0.167 e. The minimum absolute atomic E-state index is 0.453. The van der Waals surface area contributed by atoms with Crippen LogP contribution >= 0.6 is 22.9 Å². The summed E-state index contributed by atoms with van der Waals surface area (Å²) in [4.78, 5) is 2.47. The van der Waals surface area contributed by atoms with Crippen molar-refractivity contribution in [2.24, 2.45) is 0 Å². The smallest absolute Gasteiger partial charge is 0.167 e. The van der Waals surface area contributed by atoms with Gasteiger partial charge in [-0.25, -0.2) is 0 Å². The number of halogens is 1. The number of rotatable bonds is 3. The lowest BCUT2D eigenvalue weighted by Crippen LogP contribution is -2.42. The predicted octanol–water partition coefficient (Wildman–Crippen LogP) is 3.24. The van der Waals surface area contributed by atoms with E-state index < -0.39 is 0 Å². The standard InChI is InChI=1S/C13H17ClN4S/c1-2-18-6-3-4-9(8-18)15-13-11-10(5-7-19-11)12(14)16-17-13/h5,7,9H,2-4,6,8H2,1H3,(H,15,17). The van der Waals surface area contributed by atoms with Crippen LogP contribution in [0.5, 0.6) is 0 Å². The molecular weight excluding hydrogens is 280 g/mol. The molecule has 1 fully saturated rings. The van der Waals surface area contributed by atoms with E-state index in [0.717, 1.165) is 29.0 Å². The molecule has 1 aliphatic heterocycles. The van der Waals surface area contributed by atoms with Crippen LogP contribution in [0.2, 0.25) is 5.15 Å². The topological polar surface area (TPSA) is 41.0 Å². The monoisotopic (exact) mass is 296 g/mol. The van der Waals surface area contributed by atoms with Crippen LogP contribution in [-0.2, 0) is 0 Å². The zero-order valence-electron chi connectivity index (χ0n) is 10.9. The molecule has 1 atom stereocenters. The average Bonchev–Trinajstić information content (AvgIpc) is 2.93. The van der Waals surface area contributed by atoms with E-state index in [0.29, 0.717) is 11.2 Å². The van der Waals surface area contributed by atoms with E-state index in [-0.39, 0.29) is 0 Å². The number of anilines is 1. The van der Waals surface area contributed by atoms with Crippen LogP contribution < -0.4 is 5.32 Å². The van der Waals surface area contributed by atoms with Gasteiger partial charge in [0, 0.05) is 18.0 Å². The van der Waals surface area contributed by atoms with Crippen LogP contribution in [-0.4, -0.2) is 40.8 Å². The highest BCUT2D eigenvalue weighted by atomic mass is 35.5. The quantitative estimate of drug-likeness (QED) is 0.944. The van der Waals surface area contributed by atoms with Crippen LogP contribution in [0.1, 0.15) is 19.8 Å². The summed E-state index contributed by atoms with van der Waals surface area (Å²) >= 11 is 7.72. The number of likely N-dealkylation sites (tertiary alicyclic amines) is 1. The van der Waals surface area contributed by atoms with Crippen molar-refractivity contribution >= 4 is 38.8 Å². The summed E-state index contributed by atoms with van der Waals surface area (Å²) in [5, 5.41) is 15.3. The Morgan fingerprint density at radius 3 is 3.26 bits per heavy atom. The van der Waals surface area contributed by atoms with E-state index in [2.05, 4.69) is 27.3 Å². The molecule has 0 aromatic carbocycles. The second kappa shape index (κ2) is 5.61. The lowest BCUT2D eigenvalue weighted by Gasteiger charge is -2.32. The highest BCUT2D eigenvalue weighted by molar-refractivity contribution is 7.17. The predicted molar refractivity (Wildman–Crippen MR) is 81.2 cm³/mol. The van der Waals surface area contributed by atoms with E-state index >= 15 is 0 Å². The zero-order valence-corrected chi connectivity index (χ0v) is 12.5. The minimum Gasteiger partial charge on any atom is -0.363 e. The lowest BCUT2D eigenvalue weighted by molar-refractivity contribution is 0.226. The van der Waals surface area contributed by atoms with Crippen LogP contribution in [0.4, 0.5) is 5.82 Å². The van der Waals surface area contributed by atoms with E-state index in [9.17, 15) is 0 Å². The van der Waals surface area contributed by atoms with E-state index in [1.54, 1.807) is 11.3 Å². The Bertz CT molecular complexity index is 571. The van der Waals surface area contributed by atoms with Crippen LogP contribution in [0.3, 0.4) is 0 Å². The maximum absolute atomic E-state index is 6.06. The molecule has 0 aliphatic carbocycles. The second-order valence-corrected chi connectivity index (χ2v) is 6.15. The zero-order chi connectivity index (χ0) is 13.2. The number of aromatic nitrogens is 2. The fraction of sp³-hybridized carbons (Fsp3) is 0.538. The van der Waals surface area contributed by atoms with Crippen molar-refractivity contribution in [2.45, 2.75) is 25.8 Å². The Labute approximate surface area is 121 Å². The van der Waals surface area contributed by atoms with Crippen molar-refractivity contribution in [2.75, 3.05) is 25.0 Å². The van der Waals surface area contributed by atoms with E-state index in [1.165, 1.54) is 19.4 Å². The van der Waals surface area contributed by atoms with Gasteiger partial charge in [0.05, 0.1) is 4.70 Å². The number of hydrogen-bond acceptors (Lipinski definition) is 5. The number of nitrogens with one attached hydrogen (secondary N) is 1. The molecule has 6 heteroatoms. The third kappa shape index (κ3) is 2.68. The normalized spacial score (nSPS) is 20.8. The Morgan fingerprint density at radius 1 is 1.53 bits per heavy atom. The van der Waals surface area contributed by atoms with Gasteiger partial charge in [-0.3, -0.25) is 0 Å². The van der Waals surface area contributed by atoms with Crippen molar-refractivity contribution in [1.29, 1.82) is 0 Å². The number of thiophene rings is 1. The van der Waals surface area contributed by atoms with Gasteiger partial charge in [0.1, 0.15) is 0 Å². The van der Waals surface area contributed by atoms with Crippen molar-refractivity contribution in [1.82, 2.24) is 15.1 Å². The molecule has 1 saturated heterocycles. The van der Waals surface area contributed by atoms with Crippen LogP contribution in [0.25, 0.3) is 10.1 Å². The molecule has 1 unspecified atom stereocenters. The molecule has 1 aliphatic rings. The van der Waals surface area contributed by atoms with Gasteiger partial charge in [-0.2, -0.15) is 0 Å². The van der Waals surface area contributed by atoms with Gasteiger partial charge in [0.25, 0.3) is 0 Å². The summed E-state index contributed by atoms with van der Waals surface area (Å²) in [5.41, 5.74) is 0. The molecule has 0 saturated carbocycles. The fourth-order valence-electron chi connectivity index (χ4n) is 2.60. The summed E-state index contributed by atoms with van der Waals surface area (Å²) in [6.45, 7) is 5.60. The van der Waals surface area contributed by atoms with Gasteiger partial charge < -0.3 is 10.2 Å². The first-order valence-corrected chi connectivity index (χ1v) is 7.92. The SMILES string of the molecule is CCN1CCCC(Nc2nnc(Cl)c3ccsc23)C1. The Hall–Kier alpha value is -0.910. The van der Waals surface area contributed by atoms with Gasteiger partial charge in [0.2, 0.25) is 0 Å². The summed E-state index contributed by atoms with van der Waals surface area (Å²) in [6, 6.07) is 2.45. The molecule has 3 heterocycles. The Morgan fingerprint density at radius 2 is 2.42 bits per heavy atom. The van der Waals surface area contributed by atoms with Gasteiger partial charge in [-0.1, -0.05) is 18.5 Å². The summed E-state index contributed by atoms with van der Waals surface area (Å²) < 4.78 is 1.11. The van der Waals surface area contributed by atoms with Gasteiger partial charge in [-0.15, -0.1) is 21.5 Å². The lowest BCUT2D eigenvalue weighted by atomic mass is 10.1. The maximum atomic E-state index is 6.06. The Balaban J connectivity index is 1.81. The molecule has 4 nitrogen and oxygen atoms in total. The van der Waals surface area contributed by atoms with E-state index in [1.807, 2.05) is 11.4 Å². The molecule has 3 rings (SSSR count). The molecule has 0 radical (unpaired) electrons. The highest BCUT2D eigenvalue weighted by Gasteiger charge is 2.20. The van der Waals surface area contributed by atoms with Crippen molar-refractivity contribution < 1.29 is 0 Å². The van der Waals surface area contributed by atoms with Crippen LogP contribution in [0, 0.1) is 0 Å². The van der Waals surface area contributed by atoms with Gasteiger partial charge in [-0.05, 0) is 37.4 Å².